The van der Waals surface area contributed by atoms with Crippen LogP contribution in [0.1, 0.15) is 6.92 Å². The van der Waals surface area contributed by atoms with E-state index in [1.165, 1.54) is 0 Å². The molecular weight excluding hydrogens is 340 g/mol. The number of methoxy groups -OCH3 is 1. The van der Waals surface area contributed by atoms with Crippen molar-refractivity contribution in [2.75, 3.05) is 12.4 Å². The first-order valence-corrected chi connectivity index (χ1v) is 8.11. The number of pyridine rings is 1. The second-order valence-electron chi connectivity index (χ2n) is 5.39. The van der Waals surface area contributed by atoms with Crippen molar-refractivity contribution in [3.05, 3.63) is 59.8 Å². The van der Waals surface area contributed by atoms with E-state index in [1.54, 1.807) is 62.7 Å². The highest BCUT2D eigenvalue weighted by Gasteiger charge is 2.18. The van der Waals surface area contributed by atoms with Crippen molar-refractivity contribution < 1.29 is 14.3 Å². The van der Waals surface area contributed by atoms with E-state index in [-0.39, 0.29) is 5.91 Å². The Kier molecular flexibility index (Phi) is 5.05. The van der Waals surface area contributed by atoms with Gasteiger partial charge in [0, 0.05) is 11.6 Å². The molecule has 0 radical (unpaired) electrons. The van der Waals surface area contributed by atoms with Crippen molar-refractivity contribution >= 4 is 34.1 Å². The van der Waals surface area contributed by atoms with Crippen LogP contribution < -0.4 is 14.8 Å². The van der Waals surface area contributed by atoms with Gasteiger partial charge in [0.1, 0.15) is 17.0 Å². The average molecular weight is 357 g/mol. The van der Waals surface area contributed by atoms with Crippen LogP contribution in [0.5, 0.6) is 11.5 Å². The summed E-state index contributed by atoms with van der Waals surface area (Å²) in [5, 5.41) is 4.12. The van der Waals surface area contributed by atoms with Gasteiger partial charge in [-0.25, -0.2) is 0 Å². The summed E-state index contributed by atoms with van der Waals surface area (Å²) in [4.78, 5) is 16.8. The lowest BCUT2D eigenvalue weighted by molar-refractivity contribution is -0.122. The van der Waals surface area contributed by atoms with E-state index in [4.69, 9.17) is 21.1 Å². The number of nitrogens with one attached hydrogen (secondary N) is 1. The van der Waals surface area contributed by atoms with Crippen LogP contribution in [0.15, 0.2) is 54.7 Å². The van der Waals surface area contributed by atoms with Crippen molar-refractivity contribution in [3.63, 3.8) is 0 Å². The first-order valence-electron chi connectivity index (χ1n) is 7.74. The number of aromatic nitrogens is 1. The topological polar surface area (TPSA) is 60.5 Å². The number of fused-ring (bicyclic) bond motifs is 1. The molecule has 5 nitrogen and oxygen atoms in total. The van der Waals surface area contributed by atoms with Crippen LogP contribution in [0.25, 0.3) is 10.9 Å². The third-order valence-corrected chi connectivity index (χ3v) is 4.03. The summed E-state index contributed by atoms with van der Waals surface area (Å²) in [5.74, 6) is 0.831. The number of para-hydroxylation sites is 1. The van der Waals surface area contributed by atoms with Crippen molar-refractivity contribution in [1.29, 1.82) is 0 Å². The number of carbonyl (C=O) groups excluding carboxylic acids is 1. The third-order valence-electron chi connectivity index (χ3n) is 3.72. The van der Waals surface area contributed by atoms with Crippen molar-refractivity contribution in [3.8, 4) is 11.5 Å². The number of hydrogen-bond donors (Lipinski definition) is 1. The summed E-state index contributed by atoms with van der Waals surface area (Å²) in [6.45, 7) is 1.67. The maximum Gasteiger partial charge on any atom is 0.265 e. The average Bonchev–Trinajstić information content (AvgIpc) is 2.63. The molecule has 0 saturated heterocycles. The summed E-state index contributed by atoms with van der Waals surface area (Å²) in [6.07, 6.45) is 0.966. The van der Waals surface area contributed by atoms with Gasteiger partial charge in [-0.1, -0.05) is 23.7 Å². The van der Waals surface area contributed by atoms with Crippen LogP contribution in [-0.4, -0.2) is 24.1 Å². The molecule has 3 rings (SSSR count). The van der Waals surface area contributed by atoms with Crippen LogP contribution in [0.3, 0.4) is 0 Å². The molecular formula is C19H17ClN2O3. The molecule has 2 aromatic carbocycles. The molecule has 3 aromatic rings. The molecule has 0 aliphatic rings. The molecule has 25 heavy (non-hydrogen) atoms. The molecule has 1 heterocycles. The highest BCUT2D eigenvalue weighted by atomic mass is 35.5. The summed E-state index contributed by atoms with van der Waals surface area (Å²) in [6, 6.07) is 14.3. The van der Waals surface area contributed by atoms with Crippen LogP contribution in [-0.2, 0) is 4.79 Å². The molecule has 1 aromatic heterocycles. The van der Waals surface area contributed by atoms with Gasteiger partial charge in [-0.2, -0.15) is 0 Å². The van der Waals surface area contributed by atoms with Gasteiger partial charge in [-0.3, -0.25) is 9.78 Å². The second-order valence-corrected chi connectivity index (χ2v) is 5.80. The van der Waals surface area contributed by atoms with Gasteiger partial charge in [0.25, 0.3) is 5.91 Å². The lowest BCUT2D eigenvalue weighted by atomic mass is 10.1. The summed E-state index contributed by atoms with van der Waals surface area (Å²) >= 11 is 6.07. The largest absolute Gasteiger partial charge is 0.494 e. The maximum atomic E-state index is 12.5. The van der Waals surface area contributed by atoms with Crippen molar-refractivity contribution in [1.82, 2.24) is 4.98 Å². The van der Waals surface area contributed by atoms with Gasteiger partial charge in [0.2, 0.25) is 0 Å². The zero-order valence-corrected chi connectivity index (χ0v) is 14.6. The van der Waals surface area contributed by atoms with Gasteiger partial charge < -0.3 is 14.8 Å². The highest BCUT2D eigenvalue weighted by molar-refractivity contribution is 6.32. The molecule has 0 bridgehead atoms. The van der Waals surface area contributed by atoms with Gasteiger partial charge in [0.05, 0.1) is 17.8 Å². The minimum absolute atomic E-state index is 0.282. The van der Waals surface area contributed by atoms with E-state index in [1.807, 2.05) is 6.07 Å². The predicted molar refractivity (Wildman–Crippen MR) is 98.5 cm³/mol. The Morgan fingerprint density at radius 1 is 1.12 bits per heavy atom. The zero-order chi connectivity index (χ0) is 17.8. The molecule has 0 spiro atoms. The Morgan fingerprint density at radius 3 is 2.68 bits per heavy atom. The minimum atomic E-state index is -0.714. The molecule has 128 valence electrons. The van der Waals surface area contributed by atoms with Gasteiger partial charge in [0.15, 0.2) is 6.10 Å². The molecule has 0 aliphatic carbocycles. The van der Waals surface area contributed by atoms with E-state index in [9.17, 15) is 4.79 Å². The lowest BCUT2D eigenvalue weighted by Crippen LogP contribution is -2.30. The van der Waals surface area contributed by atoms with E-state index in [0.717, 1.165) is 5.39 Å². The Balaban J connectivity index is 1.81. The quantitative estimate of drug-likeness (QED) is 0.740. The number of anilines is 1. The van der Waals surface area contributed by atoms with Crippen LogP contribution >= 0.6 is 11.6 Å². The summed E-state index contributed by atoms with van der Waals surface area (Å²) < 4.78 is 11.0. The predicted octanol–water partition coefficient (Wildman–Crippen LogP) is 4.30. The molecule has 1 amide bonds. The molecule has 0 aliphatic heterocycles. The van der Waals surface area contributed by atoms with Crippen LogP contribution in [0.2, 0.25) is 5.02 Å². The number of halogens is 1. The number of amides is 1. The Morgan fingerprint density at radius 2 is 1.92 bits per heavy atom. The van der Waals surface area contributed by atoms with Crippen molar-refractivity contribution in [2.24, 2.45) is 0 Å². The molecule has 1 atom stereocenters. The highest BCUT2D eigenvalue weighted by Crippen LogP contribution is 2.30. The van der Waals surface area contributed by atoms with Gasteiger partial charge >= 0.3 is 0 Å². The molecule has 1 N–H and O–H groups in total. The van der Waals surface area contributed by atoms with E-state index in [2.05, 4.69) is 10.3 Å². The number of nitrogens with zero attached hydrogens (tertiary/aromatic N) is 1. The Labute approximate surface area is 150 Å². The van der Waals surface area contributed by atoms with Gasteiger partial charge in [-0.05, 0) is 43.3 Å². The monoisotopic (exact) mass is 356 g/mol. The normalized spacial score (nSPS) is 11.8. The fourth-order valence-electron chi connectivity index (χ4n) is 2.44. The second kappa shape index (κ2) is 7.40. The smallest absolute Gasteiger partial charge is 0.265 e. The molecule has 0 saturated carbocycles. The Bertz CT molecular complexity index is 914. The number of rotatable bonds is 5. The lowest BCUT2D eigenvalue weighted by Gasteiger charge is -2.17. The fourth-order valence-corrected chi connectivity index (χ4v) is 2.62. The fraction of sp³-hybridized carbons (Fsp3) is 0.158. The summed E-state index contributed by atoms with van der Waals surface area (Å²) in [7, 11) is 1.58. The molecule has 0 fully saturated rings. The minimum Gasteiger partial charge on any atom is -0.494 e. The van der Waals surface area contributed by atoms with E-state index < -0.39 is 6.10 Å². The Hall–Kier alpha value is -2.79. The standard InChI is InChI=1S/C19H17ClN2O3/c1-12(25-16-8-4-3-7-14(16)20)19(23)22-15-9-10-17(24-2)18-13(15)6-5-11-21-18/h3-12H,1-2H3,(H,22,23)/t12-/m0/s1. The molecule has 0 unspecified atom stereocenters. The van der Waals surface area contributed by atoms with Crippen LogP contribution in [0, 0.1) is 0 Å². The SMILES string of the molecule is COc1ccc(NC(=O)[C@H](C)Oc2ccccc2Cl)c2cccnc12. The first kappa shape index (κ1) is 17.0. The third kappa shape index (κ3) is 3.67. The maximum absolute atomic E-state index is 12.5. The molecule has 6 heteroatoms. The van der Waals surface area contributed by atoms with E-state index >= 15 is 0 Å². The number of ether oxygens (including phenoxy) is 2. The van der Waals surface area contributed by atoms with Gasteiger partial charge in [-0.15, -0.1) is 0 Å². The summed E-state index contributed by atoms with van der Waals surface area (Å²) in [5.41, 5.74) is 1.32. The number of carbonyl (C=O) groups is 1. The number of hydrogen-bond acceptors (Lipinski definition) is 4. The number of benzene rings is 2. The van der Waals surface area contributed by atoms with E-state index in [0.29, 0.717) is 27.7 Å². The first-order chi connectivity index (χ1) is 12.1. The van der Waals surface area contributed by atoms with Crippen LogP contribution in [0.4, 0.5) is 5.69 Å². The zero-order valence-electron chi connectivity index (χ0n) is 13.8. The van der Waals surface area contributed by atoms with Crippen molar-refractivity contribution in [2.45, 2.75) is 13.0 Å².